The SMILES string of the molecule is CC[C@]1(O)CCN(c2ccc(C#N)c(Cl)c2)[C@H]1C. The molecule has 2 atom stereocenters. The first-order valence-corrected chi connectivity index (χ1v) is 6.58. The largest absolute Gasteiger partial charge is 0.388 e. The second-order valence-corrected chi connectivity index (χ2v) is 5.26. The van der Waals surface area contributed by atoms with E-state index in [1.54, 1.807) is 12.1 Å². The first kappa shape index (κ1) is 13.2. The molecule has 1 aromatic rings. The van der Waals surface area contributed by atoms with Crippen LogP contribution in [0.3, 0.4) is 0 Å². The Kier molecular flexibility index (Phi) is 3.52. The lowest BCUT2D eigenvalue weighted by Gasteiger charge is -2.31. The Balaban J connectivity index is 2.29. The minimum atomic E-state index is -0.625. The van der Waals surface area contributed by atoms with Gasteiger partial charge < -0.3 is 10.0 Å². The molecule has 0 spiro atoms. The van der Waals surface area contributed by atoms with E-state index in [1.807, 2.05) is 19.9 Å². The highest BCUT2D eigenvalue weighted by atomic mass is 35.5. The Morgan fingerprint density at radius 1 is 1.61 bits per heavy atom. The molecule has 1 aromatic carbocycles. The van der Waals surface area contributed by atoms with Crippen LogP contribution < -0.4 is 4.90 Å². The zero-order valence-corrected chi connectivity index (χ0v) is 11.4. The number of nitriles is 1. The Bertz CT molecular complexity index is 497. The molecule has 0 radical (unpaired) electrons. The topological polar surface area (TPSA) is 47.3 Å². The van der Waals surface area contributed by atoms with Crippen molar-refractivity contribution in [3.05, 3.63) is 28.8 Å². The predicted octanol–water partition coefficient (Wildman–Crippen LogP) is 2.95. The molecule has 1 N–H and O–H groups in total. The maximum absolute atomic E-state index is 10.4. The highest BCUT2D eigenvalue weighted by Gasteiger charge is 2.41. The van der Waals surface area contributed by atoms with Crippen molar-refractivity contribution in [3.63, 3.8) is 0 Å². The minimum Gasteiger partial charge on any atom is -0.388 e. The van der Waals surface area contributed by atoms with Gasteiger partial charge in [-0.05, 0) is 38.0 Å². The summed E-state index contributed by atoms with van der Waals surface area (Å²) in [4.78, 5) is 2.15. The fourth-order valence-corrected chi connectivity index (χ4v) is 2.82. The Morgan fingerprint density at radius 2 is 2.33 bits per heavy atom. The van der Waals surface area contributed by atoms with Gasteiger partial charge in [0.2, 0.25) is 0 Å². The van der Waals surface area contributed by atoms with Gasteiger partial charge in [0.25, 0.3) is 0 Å². The molecule has 1 heterocycles. The standard InChI is InChI=1S/C14H17ClN2O/c1-3-14(18)6-7-17(10(14)2)12-5-4-11(9-16)13(15)8-12/h4-5,8,10,18H,3,6-7H2,1-2H3/t10-,14-/m0/s1. The summed E-state index contributed by atoms with van der Waals surface area (Å²) in [5, 5.41) is 19.8. The summed E-state index contributed by atoms with van der Waals surface area (Å²) in [6.07, 6.45) is 1.51. The quantitative estimate of drug-likeness (QED) is 0.893. The molecule has 0 aromatic heterocycles. The van der Waals surface area contributed by atoms with Crippen LogP contribution in [0.5, 0.6) is 0 Å². The first-order valence-electron chi connectivity index (χ1n) is 6.20. The molecule has 0 amide bonds. The minimum absolute atomic E-state index is 0.0616. The van der Waals surface area contributed by atoms with Crippen molar-refractivity contribution >= 4 is 17.3 Å². The van der Waals surface area contributed by atoms with Crippen LogP contribution in [0.15, 0.2) is 18.2 Å². The molecule has 1 aliphatic rings. The lowest BCUT2D eigenvalue weighted by molar-refractivity contribution is 0.0329. The lowest BCUT2D eigenvalue weighted by atomic mass is 9.93. The monoisotopic (exact) mass is 264 g/mol. The zero-order valence-electron chi connectivity index (χ0n) is 10.7. The molecule has 18 heavy (non-hydrogen) atoms. The number of rotatable bonds is 2. The second kappa shape index (κ2) is 4.79. The molecule has 3 nitrogen and oxygen atoms in total. The van der Waals surface area contributed by atoms with E-state index in [2.05, 4.69) is 11.0 Å². The van der Waals surface area contributed by atoms with Crippen LogP contribution in [0.1, 0.15) is 32.3 Å². The van der Waals surface area contributed by atoms with Crippen LogP contribution in [0.4, 0.5) is 5.69 Å². The molecule has 0 unspecified atom stereocenters. The van der Waals surface area contributed by atoms with Crippen molar-refractivity contribution in [1.29, 1.82) is 5.26 Å². The van der Waals surface area contributed by atoms with Crippen molar-refractivity contribution in [2.75, 3.05) is 11.4 Å². The van der Waals surface area contributed by atoms with Gasteiger partial charge in [-0.3, -0.25) is 0 Å². The Hall–Kier alpha value is -1.24. The number of benzene rings is 1. The summed E-state index contributed by atoms with van der Waals surface area (Å²) in [6, 6.07) is 7.54. The van der Waals surface area contributed by atoms with Crippen molar-refractivity contribution in [1.82, 2.24) is 0 Å². The highest BCUT2D eigenvalue weighted by Crippen LogP contribution is 2.36. The molecule has 0 aliphatic carbocycles. The number of hydrogen-bond donors (Lipinski definition) is 1. The van der Waals surface area contributed by atoms with Crippen LogP contribution in [0.2, 0.25) is 5.02 Å². The molecule has 1 fully saturated rings. The van der Waals surface area contributed by atoms with Gasteiger partial charge in [-0.2, -0.15) is 5.26 Å². The molecule has 1 aliphatic heterocycles. The number of halogens is 1. The average molecular weight is 265 g/mol. The summed E-state index contributed by atoms with van der Waals surface area (Å²) in [6.45, 7) is 4.85. The van der Waals surface area contributed by atoms with E-state index in [4.69, 9.17) is 16.9 Å². The zero-order chi connectivity index (χ0) is 13.3. The van der Waals surface area contributed by atoms with Gasteiger partial charge >= 0.3 is 0 Å². The molecule has 0 bridgehead atoms. The Morgan fingerprint density at radius 3 is 2.83 bits per heavy atom. The summed E-state index contributed by atoms with van der Waals surface area (Å²) in [7, 11) is 0. The fourth-order valence-electron chi connectivity index (χ4n) is 2.60. The molecule has 96 valence electrons. The fraction of sp³-hybridized carbons (Fsp3) is 0.500. The molecule has 1 saturated heterocycles. The van der Waals surface area contributed by atoms with Crippen LogP contribution in [-0.4, -0.2) is 23.3 Å². The van der Waals surface area contributed by atoms with E-state index in [9.17, 15) is 5.11 Å². The second-order valence-electron chi connectivity index (χ2n) is 4.85. The van der Waals surface area contributed by atoms with Crippen LogP contribution in [0.25, 0.3) is 0 Å². The number of hydrogen-bond acceptors (Lipinski definition) is 3. The lowest BCUT2D eigenvalue weighted by Crippen LogP contribution is -2.42. The normalized spacial score (nSPS) is 27.3. The van der Waals surface area contributed by atoms with Gasteiger partial charge in [-0.25, -0.2) is 0 Å². The van der Waals surface area contributed by atoms with Gasteiger partial charge in [0, 0.05) is 12.2 Å². The van der Waals surface area contributed by atoms with Crippen LogP contribution in [0, 0.1) is 11.3 Å². The molecule has 2 rings (SSSR count). The summed E-state index contributed by atoms with van der Waals surface area (Å²) >= 11 is 6.05. The number of aliphatic hydroxyl groups is 1. The van der Waals surface area contributed by atoms with Crippen molar-refractivity contribution in [3.8, 4) is 6.07 Å². The number of nitrogens with zero attached hydrogens (tertiary/aromatic N) is 2. The summed E-state index contributed by atoms with van der Waals surface area (Å²) in [5.41, 5.74) is 0.828. The molecule has 0 saturated carbocycles. The van der Waals surface area contributed by atoms with Gasteiger partial charge in [0.15, 0.2) is 0 Å². The average Bonchev–Trinajstić information content (AvgIpc) is 2.67. The summed E-state index contributed by atoms with van der Waals surface area (Å²) < 4.78 is 0. The highest BCUT2D eigenvalue weighted by molar-refractivity contribution is 6.32. The van der Waals surface area contributed by atoms with Crippen molar-refractivity contribution in [2.24, 2.45) is 0 Å². The predicted molar refractivity (Wildman–Crippen MR) is 72.8 cm³/mol. The van der Waals surface area contributed by atoms with E-state index in [-0.39, 0.29) is 6.04 Å². The third kappa shape index (κ3) is 2.07. The van der Waals surface area contributed by atoms with Gasteiger partial charge in [-0.1, -0.05) is 18.5 Å². The maximum Gasteiger partial charge on any atom is 0.101 e. The molecular formula is C14H17ClN2O. The van der Waals surface area contributed by atoms with E-state index >= 15 is 0 Å². The van der Waals surface area contributed by atoms with E-state index < -0.39 is 5.60 Å². The van der Waals surface area contributed by atoms with Gasteiger partial charge in [0.1, 0.15) is 6.07 Å². The van der Waals surface area contributed by atoms with Gasteiger partial charge in [-0.15, -0.1) is 0 Å². The van der Waals surface area contributed by atoms with Crippen molar-refractivity contribution < 1.29 is 5.11 Å². The summed E-state index contributed by atoms with van der Waals surface area (Å²) in [5.74, 6) is 0. The Labute approximate surface area is 113 Å². The van der Waals surface area contributed by atoms with E-state index in [0.29, 0.717) is 10.6 Å². The smallest absolute Gasteiger partial charge is 0.101 e. The molecular weight excluding hydrogens is 248 g/mol. The third-order valence-electron chi connectivity index (χ3n) is 4.05. The van der Waals surface area contributed by atoms with E-state index in [1.165, 1.54) is 0 Å². The maximum atomic E-state index is 10.4. The van der Waals surface area contributed by atoms with Crippen molar-refractivity contribution in [2.45, 2.75) is 38.3 Å². The van der Waals surface area contributed by atoms with Crippen LogP contribution >= 0.6 is 11.6 Å². The number of anilines is 1. The third-order valence-corrected chi connectivity index (χ3v) is 4.36. The van der Waals surface area contributed by atoms with Crippen LogP contribution in [-0.2, 0) is 0 Å². The molecule has 4 heteroatoms. The van der Waals surface area contributed by atoms with Gasteiger partial charge in [0.05, 0.1) is 22.2 Å². The first-order chi connectivity index (χ1) is 8.51. The van der Waals surface area contributed by atoms with E-state index in [0.717, 1.165) is 25.1 Å².